The van der Waals surface area contributed by atoms with Crippen LogP contribution in [0, 0.1) is 5.92 Å². The van der Waals surface area contributed by atoms with Crippen LogP contribution in [0.2, 0.25) is 0 Å². The lowest BCUT2D eigenvalue weighted by Gasteiger charge is -2.34. The summed E-state index contributed by atoms with van der Waals surface area (Å²) in [6.45, 7) is 8.61. The monoisotopic (exact) mass is 297 g/mol. The maximum absolute atomic E-state index is 5.86. The molecule has 1 aliphatic heterocycles. The fourth-order valence-electron chi connectivity index (χ4n) is 2.26. The summed E-state index contributed by atoms with van der Waals surface area (Å²) in [6.07, 6.45) is 0.232. The van der Waals surface area contributed by atoms with E-state index in [9.17, 15) is 0 Å². The molecule has 3 heteroatoms. The fourth-order valence-corrected chi connectivity index (χ4v) is 2.53. The Kier molecular flexibility index (Phi) is 4.60. The van der Waals surface area contributed by atoms with Crippen molar-refractivity contribution in [2.24, 2.45) is 5.92 Å². The second-order valence-electron chi connectivity index (χ2n) is 5.06. The summed E-state index contributed by atoms with van der Waals surface area (Å²) < 4.78 is 6.98. The number of benzene rings is 1. The third-order valence-corrected chi connectivity index (χ3v) is 3.54. The van der Waals surface area contributed by atoms with Gasteiger partial charge in [0.1, 0.15) is 0 Å². The van der Waals surface area contributed by atoms with Crippen LogP contribution in [0.1, 0.15) is 25.5 Å². The average Bonchev–Trinajstić information content (AvgIpc) is 2.29. The number of hydrogen-bond donors (Lipinski definition) is 0. The Balaban J connectivity index is 1.99. The summed E-state index contributed by atoms with van der Waals surface area (Å²) in [7, 11) is 0. The highest BCUT2D eigenvalue weighted by Gasteiger charge is 2.22. The van der Waals surface area contributed by atoms with Crippen LogP contribution in [-0.4, -0.2) is 31.1 Å². The summed E-state index contributed by atoms with van der Waals surface area (Å²) >= 11 is 3.46. The van der Waals surface area contributed by atoms with Gasteiger partial charge in [-0.25, -0.2) is 0 Å². The summed E-state index contributed by atoms with van der Waals surface area (Å²) in [4.78, 5) is 2.50. The Morgan fingerprint density at radius 2 is 2.06 bits per heavy atom. The van der Waals surface area contributed by atoms with Crippen molar-refractivity contribution in [3.8, 4) is 0 Å². The molecule has 17 heavy (non-hydrogen) atoms. The molecule has 0 aliphatic carbocycles. The summed E-state index contributed by atoms with van der Waals surface area (Å²) in [5.41, 5.74) is 1.28. The lowest BCUT2D eigenvalue weighted by molar-refractivity contribution is -0.0332. The minimum atomic E-state index is 0.232. The van der Waals surface area contributed by atoms with E-state index < -0.39 is 0 Å². The van der Waals surface area contributed by atoms with Crippen LogP contribution in [0.4, 0.5) is 0 Å². The highest BCUT2D eigenvalue weighted by molar-refractivity contribution is 9.10. The maximum Gasteiger partial charge on any atom is 0.0952 e. The standard InChI is InChI=1S/C14H20BrNO/c1-11(2)9-16-7-8-17-14(10-16)12-3-5-13(15)6-4-12/h3-6,11,14H,7-10H2,1-2H3/t14-/m1/s1. The molecular formula is C14H20BrNO. The molecule has 0 unspecified atom stereocenters. The van der Waals surface area contributed by atoms with Crippen LogP contribution < -0.4 is 0 Å². The van der Waals surface area contributed by atoms with Crippen molar-refractivity contribution in [3.63, 3.8) is 0 Å². The van der Waals surface area contributed by atoms with E-state index >= 15 is 0 Å². The van der Waals surface area contributed by atoms with Gasteiger partial charge in [-0.1, -0.05) is 41.9 Å². The summed E-state index contributed by atoms with van der Waals surface area (Å²) in [5, 5.41) is 0. The highest BCUT2D eigenvalue weighted by atomic mass is 79.9. The predicted octanol–water partition coefficient (Wildman–Crippen LogP) is 3.48. The second-order valence-corrected chi connectivity index (χ2v) is 5.98. The van der Waals surface area contributed by atoms with Gasteiger partial charge in [-0.05, 0) is 23.6 Å². The van der Waals surface area contributed by atoms with Gasteiger partial charge in [0.15, 0.2) is 0 Å². The molecule has 0 aromatic heterocycles. The first-order valence-corrected chi connectivity index (χ1v) is 7.04. The largest absolute Gasteiger partial charge is 0.371 e. The van der Waals surface area contributed by atoms with Gasteiger partial charge in [0, 0.05) is 24.1 Å². The van der Waals surface area contributed by atoms with E-state index in [1.165, 1.54) is 5.56 Å². The van der Waals surface area contributed by atoms with Crippen LogP contribution >= 0.6 is 15.9 Å². The van der Waals surface area contributed by atoms with E-state index in [2.05, 4.69) is 58.9 Å². The molecule has 0 bridgehead atoms. The van der Waals surface area contributed by atoms with E-state index in [0.29, 0.717) is 0 Å². The van der Waals surface area contributed by atoms with Gasteiger partial charge in [0.25, 0.3) is 0 Å². The molecule has 0 radical (unpaired) electrons. The van der Waals surface area contributed by atoms with Gasteiger partial charge in [0.2, 0.25) is 0 Å². The number of hydrogen-bond acceptors (Lipinski definition) is 2. The maximum atomic E-state index is 5.86. The Labute approximate surface area is 112 Å². The molecule has 1 fully saturated rings. The van der Waals surface area contributed by atoms with E-state index in [0.717, 1.165) is 36.6 Å². The molecule has 94 valence electrons. The van der Waals surface area contributed by atoms with Crippen LogP contribution in [-0.2, 0) is 4.74 Å². The van der Waals surface area contributed by atoms with Gasteiger partial charge in [-0.3, -0.25) is 4.90 Å². The molecule has 0 spiro atoms. The number of nitrogens with zero attached hydrogens (tertiary/aromatic N) is 1. The van der Waals surface area contributed by atoms with Gasteiger partial charge in [0.05, 0.1) is 12.7 Å². The molecule has 1 aromatic rings. The first-order chi connectivity index (χ1) is 8.15. The zero-order chi connectivity index (χ0) is 12.3. The van der Waals surface area contributed by atoms with E-state index in [1.54, 1.807) is 0 Å². The van der Waals surface area contributed by atoms with Crippen LogP contribution in [0.25, 0.3) is 0 Å². The highest BCUT2D eigenvalue weighted by Crippen LogP contribution is 2.24. The molecule has 1 aromatic carbocycles. The van der Waals surface area contributed by atoms with Crippen LogP contribution in [0.3, 0.4) is 0 Å². The first-order valence-electron chi connectivity index (χ1n) is 6.24. The van der Waals surface area contributed by atoms with Crippen molar-refractivity contribution >= 4 is 15.9 Å². The molecule has 1 atom stereocenters. The average molecular weight is 298 g/mol. The Morgan fingerprint density at radius 3 is 2.71 bits per heavy atom. The van der Waals surface area contributed by atoms with Gasteiger partial charge in [-0.2, -0.15) is 0 Å². The number of halogens is 1. The third-order valence-electron chi connectivity index (χ3n) is 3.02. The van der Waals surface area contributed by atoms with Crippen molar-refractivity contribution in [3.05, 3.63) is 34.3 Å². The normalized spacial score (nSPS) is 22.0. The Morgan fingerprint density at radius 1 is 1.35 bits per heavy atom. The predicted molar refractivity (Wildman–Crippen MR) is 74.1 cm³/mol. The zero-order valence-electron chi connectivity index (χ0n) is 10.5. The van der Waals surface area contributed by atoms with Crippen molar-refractivity contribution in [2.75, 3.05) is 26.2 Å². The molecule has 0 amide bonds. The van der Waals surface area contributed by atoms with Crippen molar-refractivity contribution in [1.29, 1.82) is 0 Å². The van der Waals surface area contributed by atoms with Crippen LogP contribution in [0.15, 0.2) is 28.7 Å². The third kappa shape index (κ3) is 3.80. The molecule has 1 heterocycles. The first kappa shape index (κ1) is 13.1. The van der Waals surface area contributed by atoms with Gasteiger partial charge >= 0.3 is 0 Å². The quantitative estimate of drug-likeness (QED) is 0.847. The Hall–Kier alpha value is -0.380. The van der Waals surface area contributed by atoms with Crippen molar-refractivity contribution < 1.29 is 4.74 Å². The lowest BCUT2D eigenvalue weighted by Crippen LogP contribution is -2.40. The minimum absolute atomic E-state index is 0.232. The van der Waals surface area contributed by atoms with E-state index in [4.69, 9.17) is 4.74 Å². The van der Waals surface area contributed by atoms with E-state index in [-0.39, 0.29) is 6.10 Å². The number of ether oxygens (including phenoxy) is 1. The summed E-state index contributed by atoms with van der Waals surface area (Å²) in [6, 6.07) is 8.46. The minimum Gasteiger partial charge on any atom is -0.371 e. The molecule has 2 nitrogen and oxygen atoms in total. The molecule has 1 aliphatic rings. The van der Waals surface area contributed by atoms with Crippen molar-refractivity contribution in [1.82, 2.24) is 4.90 Å². The van der Waals surface area contributed by atoms with Gasteiger partial charge in [-0.15, -0.1) is 0 Å². The SMILES string of the molecule is CC(C)CN1CCO[C@@H](c2ccc(Br)cc2)C1. The van der Waals surface area contributed by atoms with Gasteiger partial charge < -0.3 is 4.74 Å². The van der Waals surface area contributed by atoms with Crippen LogP contribution in [0.5, 0.6) is 0 Å². The zero-order valence-corrected chi connectivity index (χ0v) is 12.1. The molecule has 0 N–H and O–H groups in total. The number of morpholine rings is 1. The molecule has 2 rings (SSSR count). The van der Waals surface area contributed by atoms with Crippen molar-refractivity contribution in [2.45, 2.75) is 20.0 Å². The Bertz CT molecular complexity index is 350. The fraction of sp³-hybridized carbons (Fsp3) is 0.571. The van der Waals surface area contributed by atoms with E-state index in [1.807, 2.05) is 0 Å². The smallest absolute Gasteiger partial charge is 0.0952 e. The molecule has 1 saturated heterocycles. The second kappa shape index (κ2) is 5.98. The summed E-state index contributed by atoms with van der Waals surface area (Å²) in [5.74, 6) is 0.721. The lowest BCUT2D eigenvalue weighted by atomic mass is 10.1. The number of rotatable bonds is 3. The molecular weight excluding hydrogens is 278 g/mol. The topological polar surface area (TPSA) is 12.5 Å². The molecule has 0 saturated carbocycles.